The fourth-order valence-electron chi connectivity index (χ4n) is 0.792. The van der Waals surface area contributed by atoms with Crippen LogP contribution in [0.15, 0.2) is 0 Å². The standard InChI is InChI=1S/C8H13N3O3/c1-2-3-6(4-9)8(13)11-14-5-7(10)12/h6H,2-3,5H2,1H3,(H2,10,12)(H,11,13). The van der Waals surface area contributed by atoms with Gasteiger partial charge in [0.15, 0.2) is 6.61 Å². The summed E-state index contributed by atoms with van der Waals surface area (Å²) in [7, 11) is 0. The van der Waals surface area contributed by atoms with E-state index < -0.39 is 24.3 Å². The summed E-state index contributed by atoms with van der Waals surface area (Å²) in [5.41, 5.74) is 6.75. The molecule has 0 aromatic heterocycles. The normalized spacial score (nSPS) is 11.4. The molecule has 1 atom stereocenters. The average Bonchev–Trinajstić information content (AvgIpc) is 2.13. The van der Waals surface area contributed by atoms with Crippen LogP contribution in [0.4, 0.5) is 0 Å². The smallest absolute Gasteiger partial charge is 0.260 e. The van der Waals surface area contributed by atoms with E-state index in [0.29, 0.717) is 6.42 Å². The van der Waals surface area contributed by atoms with E-state index in [0.717, 1.165) is 6.42 Å². The van der Waals surface area contributed by atoms with Crippen LogP contribution in [0.3, 0.4) is 0 Å². The fraction of sp³-hybridized carbons (Fsp3) is 0.625. The van der Waals surface area contributed by atoms with Gasteiger partial charge in [0.2, 0.25) is 5.91 Å². The quantitative estimate of drug-likeness (QED) is 0.560. The second-order valence-corrected chi connectivity index (χ2v) is 2.69. The molecule has 3 N–H and O–H groups in total. The Kier molecular flexibility index (Phi) is 6.07. The number of nitrogens with one attached hydrogen (secondary N) is 1. The predicted molar refractivity (Wildman–Crippen MR) is 47.3 cm³/mol. The van der Waals surface area contributed by atoms with Gasteiger partial charge in [-0.05, 0) is 6.42 Å². The van der Waals surface area contributed by atoms with Gasteiger partial charge < -0.3 is 5.73 Å². The van der Waals surface area contributed by atoms with Gasteiger partial charge in [-0.1, -0.05) is 13.3 Å². The lowest BCUT2D eigenvalue weighted by molar-refractivity contribution is -0.140. The number of rotatable bonds is 6. The molecule has 2 amide bonds. The minimum absolute atomic E-state index is 0.393. The van der Waals surface area contributed by atoms with E-state index in [-0.39, 0.29) is 0 Å². The first-order valence-electron chi connectivity index (χ1n) is 4.21. The number of primary amides is 1. The maximum atomic E-state index is 11.1. The van der Waals surface area contributed by atoms with Crippen LogP contribution in [0.1, 0.15) is 19.8 Å². The summed E-state index contributed by atoms with van der Waals surface area (Å²) in [5, 5.41) is 8.58. The molecule has 14 heavy (non-hydrogen) atoms. The molecule has 0 aliphatic rings. The SMILES string of the molecule is CCCC(C#N)C(=O)NOCC(N)=O. The van der Waals surface area contributed by atoms with Crippen molar-refractivity contribution >= 4 is 11.8 Å². The minimum atomic E-state index is -0.743. The van der Waals surface area contributed by atoms with Crippen molar-refractivity contribution in [1.29, 1.82) is 5.26 Å². The number of hydroxylamine groups is 1. The van der Waals surface area contributed by atoms with Crippen LogP contribution in [-0.4, -0.2) is 18.4 Å². The predicted octanol–water partition coefficient (Wildman–Crippen LogP) is -0.541. The molecule has 78 valence electrons. The van der Waals surface area contributed by atoms with Gasteiger partial charge in [0.25, 0.3) is 5.91 Å². The summed E-state index contributed by atoms with van der Waals surface area (Å²) in [5.74, 6) is -1.97. The molecule has 0 aromatic carbocycles. The van der Waals surface area contributed by atoms with Gasteiger partial charge >= 0.3 is 0 Å². The Labute approximate surface area is 82.0 Å². The zero-order chi connectivity index (χ0) is 11.0. The zero-order valence-corrected chi connectivity index (χ0v) is 7.95. The third kappa shape index (κ3) is 5.11. The van der Waals surface area contributed by atoms with Gasteiger partial charge in [0, 0.05) is 0 Å². The molecule has 0 fully saturated rings. The van der Waals surface area contributed by atoms with E-state index >= 15 is 0 Å². The molecule has 0 heterocycles. The topological polar surface area (TPSA) is 105 Å². The molecule has 6 nitrogen and oxygen atoms in total. The van der Waals surface area contributed by atoms with E-state index in [9.17, 15) is 9.59 Å². The van der Waals surface area contributed by atoms with Gasteiger partial charge in [-0.2, -0.15) is 5.26 Å². The maximum absolute atomic E-state index is 11.1. The first-order chi connectivity index (χ1) is 6.61. The first kappa shape index (κ1) is 12.4. The van der Waals surface area contributed by atoms with Gasteiger partial charge in [0.1, 0.15) is 5.92 Å². The Balaban J connectivity index is 3.82. The molecule has 0 bridgehead atoms. The van der Waals surface area contributed by atoms with Gasteiger partial charge in [-0.3, -0.25) is 14.4 Å². The van der Waals surface area contributed by atoms with Crippen molar-refractivity contribution < 1.29 is 14.4 Å². The molecule has 0 aliphatic carbocycles. The monoisotopic (exact) mass is 199 g/mol. The number of nitrogens with zero attached hydrogens (tertiary/aromatic N) is 1. The highest BCUT2D eigenvalue weighted by molar-refractivity contribution is 5.80. The molecule has 0 spiro atoms. The lowest BCUT2D eigenvalue weighted by atomic mass is 10.1. The Hall–Kier alpha value is -1.61. The van der Waals surface area contributed by atoms with Crippen molar-refractivity contribution in [2.24, 2.45) is 11.7 Å². The van der Waals surface area contributed by atoms with Crippen molar-refractivity contribution in [3.8, 4) is 6.07 Å². The van der Waals surface area contributed by atoms with Crippen molar-refractivity contribution in [2.75, 3.05) is 6.61 Å². The second-order valence-electron chi connectivity index (χ2n) is 2.69. The van der Waals surface area contributed by atoms with Crippen LogP contribution >= 0.6 is 0 Å². The third-order valence-corrected chi connectivity index (χ3v) is 1.44. The van der Waals surface area contributed by atoms with E-state index in [1.807, 2.05) is 18.5 Å². The van der Waals surface area contributed by atoms with Gasteiger partial charge in [0.05, 0.1) is 6.07 Å². The fourth-order valence-corrected chi connectivity index (χ4v) is 0.792. The largest absolute Gasteiger partial charge is 0.368 e. The highest BCUT2D eigenvalue weighted by Gasteiger charge is 2.16. The molecule has 1 unspecified atom stereocenters. The third-order valence-electron chi connectivity index (χ3n) is 1.44. The number of nitriles is 1. The number of carbonyl (C=O) groups excluding carboxylic acids is 2. The molecule has 6 heteroatoms. The van der Waals surface area contributed by atoms with Gasteiger partial charge in [-0.15, -0.1) is 0 Å². The van der Waals surface area contributed by atoms with E-state index in [1.165, 1.54) is 0 Å². The molecule has 0 radical (unpaired) electrons. The summed E-state index contributed by atoms with van der Waals surface area (Å²) >= 11 is 0. The van der Waals surface area contributed by atoms with Crippen LogP contribution in [-0.2, 0) is 14.4 Å². The molecular weight excluding hydrogens is 186 g/mol. The average molecular weight is 199 g/mol. The van der Waals surface area contributed by atoms with Crippen molar-refractivity contribution in [3.63, 3.8) is 0 Å². The highest BCUT2D eigenvalue weighted by atomic mass is 16.7. The summed E-state index contributed by atoms with van der Waals surface area (Å²) in [6.45, 7) is 1.47. The van der Waals surface area contributed by atoms with Crippen LogP contribution in [0.2, 0.25) is 0 Å². The van der Waals surface area contributed by atoms with Crippen molar-refractivity contribution in [2.45, 2.75) is 19.8 Å². The summed E-state index contributed by atoms with van der Waals surface area (Å²) in [6.07, 6.45) is 1.18. The summed E-state index contributed by atoms with van der Waals surface area (Å²) in [4.78, 5) is 25.8. The van der Waals surface area contributed by atoms with Gasteiger partial charge in [-0.25, -0.2) is 5.48 Å². The summed E-state index contributed by atoms with van der Waals surface area (Å²) in [6, 6.07) is 1.83. The van der Waals surface area contributed by atoms with Crippen molar-refractivity contribution in [1.82, 2.24) is 5.48 Å². The second kappa shape index (κ2) is 6.86. The van der Waals surface area contributed by atoms with Crippen molar-refractivity contribution in [3.05, 3.63) is 0 Å². The number of carbonyl (C=O) groups is 2. The van der Waals surface area contributed by atoms with E-state index in [2.05, 4.69) is 4.84 Å². The lowest BCUT2D eigenvalue weighted by Gasteiger charge is -2.07. The maximum Gasteiger partial charge on any atom is 0.260 e. The van der Waals surface area contributed by atoms with Crippen LogP contribution < -0.4 is 11.2 Å². The van der Waals surface area contributed by atoms with E-state index in [4.69, 9.17) is 11.0 Å². The molecule has 0 saturated carbocycles. The molecular formula is C8H13N3O3. The number of hydrogen-bond donors (Lipinski definition) is 2. The Bertz CT molecular complexity index is 247. The Morgan fingerprint density at radius 2 is 2.29 bits per heavy atom. The molecule has 0 aliphatic heterocycles. The van der Waals surface area contributed by atoms with Crippen LogP contribution in [0.25, 0.3) is 0 Å². The minimum Gasteiger partial charge on any atom is -0.368 e. The van der Waals surface area contributed by atoms with Crippen LogP contribution in [0, 0.1) is 17.2 Å². The molecule has 0 aromatic rings. The first-order valence-corrected chi connectivity index (χ1v) is 4.21. The lowest BCUT2D eigenvalue weighted by Crippen LogP contribution is -2.33. The zero-order valence-electron chi connectivity index (χ0n) is 7.95. The molecule has 0 saturated heterocycles. The highest BCUT2D eigenvalue weighted by Crippen LogP contribution is 2.04. The molecule has 0 rings (SSSR count). The number of hydrogen-bond acceptors (Lipinski definition) is 4. The Morgan fingerprint density at radius 1 is 1.64 bits per heavy atom. The van der Waals surface area contributed by atoms with E-state index in [1.54, 1.807) is 0 Å². The van der Waals surface area contributed by atoms with Crippen LogP contribution in [0.5, 0.6) is 0 Å². The number of amides is 2. The Morgan fingerprint density at radius 3 is 2.71 bits per heavy atom. The summed E-state index contributed by atoms with van der Waals surface area (Å²) < 4.78 is 0. The number of nitrogens with two attached hydrogens (primary N) is 1.